The molecule has 66 valence electrons. The van der Waals surface area contributed by atoms with E-state index in [0.29, 0.717) is 5.69 Å². The lowest BCUT2D eigenvalue weighted by Crippen LogP contribution is -2.04. The molecule has 1 rings (SSSR count). The van der Waals surface area contributed by atoms with Gasteiger partial charge in [0.05, 0.1) is 5.69 Å². The highest BCUT2D eigenvalue weighted by Gasteiger charge is 2.20. The predicted octanol–water partition coefficient (Wildman–Crippen LogP) is 1.71. The number of hydrogen-bond donors (Lipinski definition) is 0. The lowest BCUT2D eigenvalue weighted by molar-refractivity contribution is 0.599. The number of halogens is 1. The first kappa shape index (κ1) is 9.48. The smallest absolute Gasteiger partial charge is 0.240 e. The highest BCUT2D eigenvalue weighted by molar-refractivity contribution is 8.13. The Morgan fingerprint density at radius 1 is 1.50 bits per heavy atom. The molecular weight excluding hydrogens is 198 g/mol. The fraction of sp³-hybridized carbons (Fsp3) is 0.286. The molecule has 1 heterocycles. The third-order valence-corrected chi connectivity index (χ3v) is 3.41. The molecule has 0 saturated carbocycles. The summed E-state index contributed by atoms with van der Waals surface area (Å²) in [5, 5.41) is -0.750. The maximum Gasteiger partial charge on any atom is 0.240 e. The van der Waals surface area contributed by atoms with Crippen LogP contribution < -0.4 is 0 Å². The Morgan fingerprint density at radius 2 is 2.17 bits per heavy atom. The first-order valence-electron chi connectivity index (χ1n) is 3.36. The third kappa shape index (κ3) is 2.19. The van der Waals surface area contributed by atoms with Crippen LogP contribution in [0.1, 0.15) is 17.9 Å². The number of pyridine rings is 1. The first-order valence-corrected chi connectivity index (χ1v) is 5.73. The van der Waals surface area contributed by atoms with Crippen LogP contribution in [0, 0.1) is 0 Å². The van der Waals surface area contributed by atoms with Gasteiger partial charge in [0.25, 0.3) is 0 Å². The normalized spacial score (nSPS) is 14.2. The average molecular weight is 206 g/mol. The molecule has 3 nitrogen and oxygen atoms in total. The molecule has 0 radical (unpaired) electrons. The summed E-state index contributed by atoms with van der Waals surface area (Å²) in [5.41, 5.74) is 0.465. The predicted molar refractivity (Wildman–Crippen MR) is 47.4 cm³/mol. The van der Waals surface area contributed by atoms with Gasteiger partial charge >= 0.3 is 0 Å². The molecule has 5 heteroatoms. The van der Waals surface area contributed by atoms with Gasteiger partial charge in [-0.05, 0) is 19.1 Å². The van der Waals surface area contributed by atoms with Crippen molar-refractivity contribution in [2.75, 3.05) is 0 Å². The van der Waals surface area contributed by atoms with Crippen molar-refractivity contribution in [1.82, 2.24) is 4.98 Å². The fourth-order valence-electron chi connectivity index (χ4n) is 0.761. The van der Waals surface area contributed by atoms with Crippen LogP contribution in [0.2, 0.25) is 0 Å². The second-order valence-corrected chi connectivity index (χ2v) is 5.32. The standard InChI is InChI=1S/C7H8ClNO2S/c1-6(12(8,10)11)7-4-2-3-5-9-7/h2-6H,1H3/t6-/m1/s1. The largest absolute Gasteiger partial charge is 0.260 e. The van der Waals surface area contributed by atoms with Gasteiger partial charge in [-0.1, -0.05) is 6.07 Å². The molecular formula is C7H8ClNO2S. The Morgan fingerprint density at radius 3 is 2.58 bits per heavy atom. The zero-order valence-electron chi connectivity index (χ0n) is 6.44. The van der Waals surface area contributed by atoms with Crippen molar-refractivity contribution in [2.45, 2.75) is 12.2 Å². The van der Waals surface area contributed by atoms with Crippen molar-refractivity contribution in [3.63, 3.8) is 0 Å². The Balaban J connectivity index is 3.02. The summed E-state index contributed by atoms with van der Waals surface area (Å²) < 4.78 is 21.7. The number of rotatable bonds is 2. The van der Waals surface area contributed by atoms with Gasteiger partial charge in [-0.25, -0.2) is 8.42 Å². The van der Waals surface area contributed by atoms with Gasteiger partial charge in [-0.3, -0.25) is 4.98 Å². The number of aromatic nitrogens is 1. The number of nitrogens with zero attached hydrogens (tertiary/aromatic N) is 1. The molecule has 12 heavy (non-hydrogen) atoms. The van der Waals surface area contributed by atoms with E-state index in [-0.39, 0.29) is 0 Å². The minimum absolute atomic E-state index is 0.465. The van der Waals surface area contributed by atoms with Crippen LogP contribution in [0.25, 0.3) is 0 Å². The summed E-state index contributed by atoms with van der Waals surface area (Å²) in [7, 11) is 1.60. The van der Waals surface area contributed by atoms with E-state index in [9.17, 15) is 8.42 Å². The van der Waals surface area contributed by atoms with Crippen LogP contribution >= 0.6 is 10.7 Å². The van der Waals surface area contributed by atoms with Crippen molar-refractivity contribution in [1.29, 1.82) is 0 Å². The van der Waals surface area contributed by atoms with Crippen molar-refractivity contribution in [2.24, 2.45) is 0 Å². The minimum Gasteiger partial charge on any atom is -0.260 e. The summed E-state index contributed by atoms with van der Waals surface area (Å²) in [6, 6.07) is 5.07. The van der Waals surface area contributed by atoms with Crippen LogP contribution in [0.5, 0.6) is 0 Å². The Labute approximate surface area is 75.8 Å². The Hall–Kier alpha value is -0.610. The van der Waals surface area contributed by atoms with E-state index in [1.54, 1.807) is 18.2 Å². The second kappa shape index (κ2) is 3.41. The van der Waals surface area contributed by atoms with Crippen LogP contribution in [0.4, 0.5) is 0 Å². The van der Waals surface area contributed by atoms with Crippen LogP contribution in [0.15, 0.2) is 24.4 Å². The maximum atomic E-state index is 10.9. The fourth-order valence-corrected chi connectivity index (χ4v) is 1.46. The van der Waals surface area contributed by atoms with E-state index in [2.05, 4.69) is 4.98 Å². The molecule has 0 bridgehead atoms. The minimum atomic E-state index is -3.55. The van der Waals surface area contributed by atoms with Crippen LogP contribution in [-0.2, 0) is 9.05 Å². The highest BCUT2D eigenvalue weighted by atomic mass is 35.7. The second-order valence-electron chi connectivity index (χ2n) is 2.37. The van der Waals surface area contributed by atoms with Crippen molar-refractivity contribution in [3.8, 4) is 0 Å². The van der Waals surface area contributed by atoms with Gasteiger partial charge in [0.2, 0.25) is 9.05 Å². The van der Waals surface area contributed by atoms with Gasteiger partial charge in [-0.2, -0.15) is 0 Å². The molecule has 0 aliphatic carbocycles. The Bertz CT molecular complexity index is 349. The average Bonchev–Trinajstić information content (AvgIpc) is 2.03. The Kier molecular flexibility index (Phi) is 2.69. The molecule has 1 atom stereocenters. The molecule has 0 aromatic carbocycles. The molecule has 0 amide bonds. The van der Waals surface area contributed by atoms with E-state index in [1.807, 2.05) is 0 Å². The molecule has 0 saturated heterocycles. The molecule has 0 N–H and O–H groups in total. The molecule has 0 fully saturated rings. The van der Waals surface area contributed by atoms with E-state index >= 15 is 0 Å². The maximum absolute atomic E-state index is 10.9. The van der Waals surface area contributed by atoms with Gasteiger partial charge < -0.3 is 0 Å². The first-order chi connectivity index (χ1) is 5.52. The van der Waals surface area contributed by atoms with E-state index < -0.39 is 14.3 Å². The number of hydrogen-bond acceptors (Lipinski definition) is 3. The van der Waals surface area contributed by atoms with Crippen LogP contribution in [0.3, 0.4) is 0 Å². The van der Waals surface area contributed by atoms with E-state index in [0.717, 1.165) is 0 Å². The van der Waals surface area contributed by atoms with Gasteiger partial charge in [0.15, 0.2) is 0 Å². The summed E-state index contributed by atoms with van der Waals surface area (Å²) >= 11 is 0. The molecule has 0 aliphatic heterocycles. The SMILES string of the molecule is C[C@H](c1ccccn1)S(=O)(=O)Cl. The summed E-state index contributed by atoms with van der Waals surface area (Å²) in [6.45, 7) is 1.50. The molecule has 0 unspecified atom stereocenters. The molecule has 1 aromatic rings. The highest BCUT2D eigenvalue weighted by Crippen LogP contribution is 2.22. The zero-order valence-corrected chi connectivity index (χ0v) is 8.01. The quantitative estimate of drug-likeness (QED) is 0.691. The summed E-state index contributed by atoms with van der Waals surface area (Å²) in [6.07, 6.45) is 1.54. The monoisotopic (exact) mass is 205 g/mol. The van der Waals surface area contributed by atoms with Gasteiger partial charge in [0, 0.05) is 16.9 Å². The summed E-state index contributed by atoms with van der Waals surface area (Å²) in [5.74, 6) is 0. The molecule has 1 aromatic heterocycles. The lowest BCUT2D eigenvalue weighted by atomic mass is 10.3. The van der Waals surface area contributed by atoms with Crippen molar-refractivity contribution in [3.05, 3.63) is 30.1 Å². The van der Waals surface area contributed by atoms with Crippen molar-refractivity contribution >= 4 is 19.7 Å². The molecule has 0 spiro atoms. The van der Waals surface area contributed by atoms with Gasteiger partial charge in [0.1, 0.15) is 5.25 Å². The van der Waals surface area contributed by atoms with Gasteiger partial charge in [-0.15, -0.1) is 0 Å². The van der Waals surface area contributed by atoms with Crippen LogP contribution in [-0.4, -0.2) is 13.4 Å². The third-order valence-electron chi connectivity index (χ3n) is 1.53. The summed E-state index contributed by atoms with van der Waals surface area (Å²) in [4.78, 5) is 3.88. The van der Waals surface area contributed by atoms with Crippen molar-refractivity contribution < 1.29 is 8.42 Å². The molecule has 0 aliphatic rings. The topological polar surface area (TPSA) is 47.0 Å². The zero-order chi connectivity index (χ0) is 9.19. The van der Waals surface area contributed by atoms with E-state index in [1.165, 1.54) is 13.1 Å². The lowest BCUT2D eigenvalue weighted by Gasteiger charge is -2.04. The van der Waals surface area contributed by atoms with E-state index in [4.69, 9.17) is 10.7 Å².